The summed E-state index contributed by atoms with van der Waals surface area (Å²) in [5.74, 6) is 1.15. The van der Waals surface area contributed by atoms with E-state index in [4.69, 9.17) is 79.1 Å². The highest BCUT2D eigenvalue weighted by atomic mass is 35.6. The maximum atomic E-state index is 5.88. The van der Waals surface area contributed by atoms with Gasteiger partial charge in [0.1, 0.15) is 0 Å². The highest BCUT2D eigenvalue weighted by Crippen LogP contribution is 2.40. The van der Waals surface area contributed by atoms with E-state index >= 15 is 0 Å². The van der Waals surface area contributed by atoms with Crippen LogP contribution < -0.4 is 9.47 Å². The molecule has 1 aromatic carbocycles. The quantitative estimate of drug-likeness (QED) is 0.373. The highest BCUT2D eigenvalue weighted by Gasteiger charge is 2.33. The first-order valence-electron chi connectivity index (χ1n) is 8.52. The lowest BCUT2D eigenvalue weighted by molar-refractivity contribution is 0.277. The van der Waals surface area contributed by atoms with E-state index in [0.717, 1.165) is 12.0 Å². The molecule has 0 atom stereocenters. The predicted molar refractivity (Wildman–Crippen MR) is 121 cm³/mol. The van der Waals surface area contributed by atoms with Gasteiger partial charge in [-0.25, -0.2) is 15.0 Å². The zero-order chi connectivity index (χ0) is 21.7. The summed E-state index contributed by atoms with van der Waals surface area (Å²) in [7, 11) is 0. The lowest BCUT2D eigenvalue weighted by Gasteiger charge is -2.14. The normalized spacial score (nSPS) is 12.4. The van der Waals surface area contributed by atoms with Crippen molar-refractivity contribution in [2.45, 2.75) is 27.9 Å². The van der Waals surface area contributed by atoms with E-state index in [1.165, 1.54) is 0 Å². The third kappa shape index (κ3) is 7.50. The number of benzene rings is 1. The molecule has 11 heteroatoms. The van der Waals surface area contributed by atoms with Crippen LogP contribution in [0.2, 0.25) is 0 Å². The molecule has 2 rings (SSSR count). The number of hydrogen-bond donors (Lipinski definition) is 0. The smallest absolute Gasteiger partial charge is 0.250 e. The molecule has 0 unspecified atom stereocenters. The van der Waals surface area contributed by atoms with Gasteiger partial charge in [-0.3, -0.25) is 0 Å². The lowest BCUT2D eigenvalue weighted by atomic mass is 10.2. The van der Waals surface area contributed by atoms with E-state index in [-0.39, 0.29) is 17.5 Å². The van der Waals surface area contributed by atoms with Crippen molar-refractivity contribution >= 4 is 81.8 Å². The van der Waals surface area contributed by atoms with Gasteiger partial charge in [0.15, 0.2) is 29.0 Å². The molecule has 0 aliphatic rings. The second kappa shape index (κ2) is 10.6. The second-order valence-corrected chi connectivity index (χ2v) is 10.2. The molecule has 0 saturated heterocycles. The van der Waals surface area contributed by atoms with Crippen LogP contribution >= 0.6 is 69.6 Å². The van der Waals surface area contributed by atoms with E-state index in [1.54, 1.807) is 12.2 Å². The molecular weight excluding hydrogens is 503 g/mol. The number of ether oxygens (including phenoxy) is 2. The standard InChI is InChI=1S/C18H17Cl6N3O2/c1-3-9-29-13-10-11(5-7-12(13)28-4-2)6-8-14-25-15(17(19,20)21)27-16(26-14)18(22,23)24/h5-8,10H,3-4,9H2,1-2H3/b8-6+. The Morgan fingerprint density at radius 1 is 0.828 bits per heavy atom. The van der Waals surface area contributed by atoms with Crippen molar-refractivity contribution in [3.63, 3.8) is 0 Å². The lowest BCUT2D eigenvalue weighted by Crippen LogP contribution is -2.16. The molecule has 0 saturated carbocycles. The average Bonchev–Trinajstić information content (AvgIpc) is 2.64. The van der Waals surface area contributed by atoms with Crippen LogP contribution in [0.4, 0.5) is 0 Å². The maximum absolute atomic E-state index is 5.88. The second-order valence-electron chi connectivity index (χ2n) is 5.66. The molecule has 0 aliphatic carbocycles. The molecule has 0 N–H and O–H groups in total. The van der Waals surface area contributed by atoms with Crippen molar-refractivity contribution in [2.24, 2.45) is 0 Å². The molecule has 0 radical (unpaired) electrons. The van der Waals surface area contributed by atoms with Gasteiger partial charge < -0.3 is 9.47 Å². The Kier molecular flexibility index (Phi) is 8.95. The van der Waals surface area contributed by atoms with Crippen molar-refractivity contribution in [1.29, 1.82) is 0 Å². The summed E-state index contributed by atoms with van der Waals surface area (Å²) in [5, 5.41) is 0. The minimum Gasteiger partial charge on any atom is -0.490 e. The third-order valence-electron chi connectivity index (χ3n) is 3.31. The van der Waals surface area contributed by atoms with Crippen molar-refractivity contribution in [2.75, 3.05) is 13.2 Å². The molecule has 29 heavy (non-hydrogen) atoms. The van der Waals surface area contributed by atoms with Crippen LogP contribution in [0.25, 0.3) is 12.2 Å². The summed E-state index contributed by atoms with van der Waals surface area (Å²) in [4.78, 5) is 12.2. The molecule has 0 fully saturated rings. The fraction of sp³-hybridized carbons (Fsp3) is 0.389. The van der Waals surface area contributed by atoms with Gasteiger partial charge in [0.05, 0.1) is 13.2 Å². The van der Waals surface area contributed by atoms with Gasteiger partial charge in [-0.2, -0.15) is 0 Å². The van der Waals surface area contributed by atoms with Crippen LogP contribution in [0.5, 0.6) is 11.5 Å². The van der Waals surface area contributed by atoms with Crippen LogP contribution in [-0.2, 0) is 7.59 Å². The molecule has 5 nitrogen and oxygen atoms in total. The summed E-state index contributed by atoms with van der Waals surface area (Å²) in [6.07, 6.45) is 4.20. The first kappa shape index (κ1) is 24.6. The van der Waals surface area contributed by atoms with Gasteiger partial charge in [-0.05, 0) is 37.1 Å². The zero-order valence-corrected chi connectivity index (χ0v) is 20.0. The zero-order valence-electron chi connectivity index (χ0n) is 15.4. The molecule has 0 spiro atoms. The van der Waals surface area contributed by atoms with Crippen LogP contribution in [0, 0.1) is 0 Å². The molecule has 2 aromatic rings. The van der Waals surface area contributed by atoms with Gasteiger partial charge in [-0.15, -0.1) is 0 Å². The van der Waals surface area contributed by atoms with Crippen molar-refractivity contribution in [1.82, 2.24) is 15.0 Å². The Labute approximate surface area is 199 Å². The van der Waals surface area contributed by atoms with Crippen LogP contribution in [0.3, 0.4) is 0 Å². The van der Waals surface area contributed by atoms with E-state index < -0.39 is 7.59 Å². The number of halogens is 6. The fourth-order valence-electron chi connectivity index (χ4n) is 2.12. The third-order valence-corrected chi connectivity index (χ3v) is 4.33. The number of rotatable bonds is 7. The maximum Gasteiger partial charge on any atom is 0.250 e. The molecule has 1 aromatic heterocycles. The predicted octanol–water partition coefficient (Wildman–Crippen LogP) is 6.88. The molecule has 1 heterocycles. The molecule has 0 amide bonds. The summed E-state index contributed by atoms with van der Waals surface area (Å²) in [6.45, 7) is 5.03. The Morgan fingerprint density at radius 3 is 1.97 bits per heavy atom. The minimum atomic E-state index is -1.91. The molecule has 0 aliphatic heterocycles. The Bertz CT molecular complexity index is 833. The van der Waals surface area contributed by atoms with E-state index in [0.29, 0.717) is 24.7 Å². The Morgan fingerprint density at radius 2 is 1.45 bits per heavy atom. The SMILES string of the molecule is CCCOc1cc(/C=C/c2nc(C(Cl)(Cl)Cl)nc(C(Cl)(Cl)Cl)n2)ccc1OCC. The molecular formula is C18H17Cl6N3O2. The first-order valence-corrected chi connectivity index (χ1v) is 10.8. The van der Waals surface area contributed by atoms with Crippen LogP contribution in [0.1, 0.15) is 43.3 Å². The Hall–Kier alpha value is -0.690. The fourth-order valence-corrected chi connectivity index (χ4v) is 2.63. The van der Waals surface area contributed by atoms with Crippen molar-refractivity contribution in [3.05, 3.63) is 41.2 Å². The van der Waals surface area contributed by atoms with Crippen LogP contribution in [0.15, 0.2) is 18.2 Å². The van der Waals surface area contributed by atoms with Gasteiger partial charge in [0.2, 0.25) is 7.59 Å². The van der Waals surface area contributed by atoms with Gasteiger partial charge in [0.25, 0.3) is 0 Å². The summed E-state index contributed by atoms with van der Waals surface area (Å²) in [6, 6.07) is 5.51. The largest absolute Gasteiger partial charge is 0.490 e. The van der Waals surface area contributed by atoms with Gasteiger partial charge in [0, 0.05) is 0 Å². The molecule has 0 bridgehead atoms. The number of aromatic nitrogens is 3. The topological polar surface area (TPSA) is 57.1 Å². The number of alkyl halides is 6. The highest BCUT2D eigenvalue weighted by molar-refractivity contribution is 6.67. The summed E-state index contributed by atoms with van der Waals surface area (Å²) >= 11 is 35.3. The van der Waals surface area contributed by atoms with Gasteiger partial charge in [-0.1, -0.05) is 88.7 Å². The van der Waals surface area contributed by atoms with Gasteiger partial charge >= 0.3 is 0 Å². The first-order chi connectivity index (χ1) is 13.5. The van der Waals surface area contributed by atoms with Crippen molar-refractivity contribution in [3.8, 4) is 11.5 Å². The van der Waals surface area contributed by atoms with Crippen LogP contribution in [-0.4, -0.2) is 28.2 Å². The summed E-state index contributed by atoms with van der Waals surface area (Å²) in [5.41, 5.74) is 0.811. The van der Waals surface area contributed by atoms with E-state index in [2.05, 4.69) is 15.0 Å². The number of hydrogen-bond acceptors (Lipinski definition) is 5. The Balaban J connectivity index is 2.39. The number of nitrogens with zero attached hydrogens (tertiary/aromatic N) is 3. The summed E-state index contributed by atoms with van der Waals surface area (Å²) < 4.78 is 7.53. The van der Waals surface area contributed by atoms with E-state index in [1.807, 2.05) is 32.0 Å². The minimum absolute atomic E-state index is 0.155. The van der Waals surface area contributed by atoms with Crippen molar-refractivity contribution < 1.29 is 9.47 Å². The van der Waals surface area contributed by atoms with E-state index in [9.17, 15) is 0 Å². The molecule has 158 valence electrons. The average molecular weight is 520 g/mol. The monoisotopic (exact) mass is 517 g/mol.